The van der Waals surface area contributed by atoms with Gasteiger partial charge in [-0.1, -0.05) is 24.3 Å². The minimum absolute atomic E-state index is 0.0290. The molecule has 1 aliphatic heterocycles. The van der Waals surface area contributed by atoms with Crippen LogP contribution in [0, 0.1) is 5.92 Å². The molecule has 1 atom stereocenters. The maximum absolute atomic E-state index is 11.7. The van der Waals surface area contributed by atoms with Crippen molar-refractivity contribution in [3.05, 3.63) is 35.4 Å². The first-order chi connectivity index (χ1) is 8.78. The van der Waals surface area contributed by atoms with E-state index < -0.39 is 0 Å². The molecule has 0 aliphatic carbocycles. The second-order valence-corrected chi connectivity index (χ2v) is 4.69. The van der Waals surface area contributed by atoms with Crippen LogP contribution in [0.1, 0.15) is 24.0 Å². The molecule has 1 amide bonds. The Hall–Kier alpha value is -1.39. The molecule has 4 heteroatoms. The van der Waals surface area contributed by atoms with Crippen molar-refractivity contribution in [1.29, 1.82) is 0 Å². The van der Waals surface area contributed by atoms with Crippen LogP contribution in [-0.4, -0.2) is 24.2 Å². The Kier molecular flexibility index (Phi) is 4.73. The number of hydrogen-bond acceptors (Lipinski definition) is 3. The predicted molar refractivity (Wildman–Crippen MR) is 67.8 cm³/mol. The van der Waals surface area contributed by atoms with Crippen LogP contribution in [0.3, 0.4) is 0 Å². The molecule has 2 N–H and O–H groups in total. The van der Waals surface area contributed by atoms with Crippen molar-refractivity contribution in [3.63, 3.8) is 0 Å². The SMILES string of the molecule is O=C(C[C@H]1CCOC1)NCc1cccc(CO)c1. The van der Waals surface area contributed by atoms with Gasteiger partial charge in [-0.05, 0) is 23.5 Å². The van der Waals surface area contributed by atoms with Gasteiger partial charge in [-0.3, -0.25) is 4.79 Å². The number of carbonyl (C=O) groups excluding carboxylic acids is 1. The molecule has 1 aliphatic rings. The third-order valence-electron chi connectivity index (χ3n) is 3.16. The fourth-order valence-electron chi connectivity index (χ4n) is 2.12. The molecule has 18 heavy (non-hydrogen) atoms. The first-order valence-electron chi connectivity index (χ1n) is 6.31. The monoisotopic (exact) mass is 249 g/mol. The highest BCUT2D eigenvalue weighted by Gasteiger charge is 2.18. The van der Waals surface area contributed by atoms with Gasteiger partial charge in [0.05, 0.1) is 6.61 Å². The largest absolute Gasteiger partial charge is 0.392 e. The minimum atomic E-state index is 0.0290. The standard InChI is InChI=1S/C14H19NO3/c16-9-12-3-1-2-11(6-12)8-15-14(17)7-13-4-5-18-10-13/h1-3,6,13,16H,4-5,7-10H2,(H,15,17)/t13-/m1/s1. The Labute approximate surface area is 107 Å². The third kappa shape index (κ3) is 3.82. The van der Waals surface area contributed by atoms with Crippen LogP contribution in [0.4, 0.5) is 0 Å². The molecule has 98 valence electrons. The molecule has 1 heterocycles. The van der Waals surface area contributed by atoms with Gasteiger partial charge in [0.15, 0.2) is 0 Å². The lowest BCUT2D eigenvalue weighted by Gasteiger charge is -2.09. The average molecular weight is 249 g/mol. The number of nitrogens with one attached hydrogen (secondary N) is 1. The molecule has 2 rings (SSSR count). The summed E-state index contributed by atoms with van der Waals surface area (Å²) >= 11 is 0. The van der Waals surface area contributed by atoms with E-state index in [0.717, 1.165) is 24.2 Å². The zero-order valence-electron chi connectivity index (χ0n) is 10.4. The number of hydrogen-bond donors (Lipinski definition) is 2. The van der Waals surface area contributed by atoms with Gasteiger partial charge in [-0.25, -0.2) is 0 Å². The lowest BCUT2D eigenvalue weighted by Crippen LogP contribution is -2.25. The molecule has 0 aromatic heterocycles. The first kappa shape index (κ1) is 13.1. The van der Waals surface area contributed by atoms with Crippen molar-refractivity contribution in [2.75, 3.05) is 13.2 Å². The van der Waals surface area contributed by atoms with Crippen molar-refractivity contribution in [3.8, 4) is 0 Å². The Morgan fingerprint density at radius 1 is 1.44 bits per heavy atom. The second kappa shape index (κ2) is 6.52. The van der Waals surface area contributed by atoms with E-state index in [-0.39, 0.29) is 12.5 Å². The molecule has 0 unspecified atom stereocenters. The zero-order valence-corrected chi connectivity index (χ0v) is 10.4. The summed E-state index contributed by atoms with van der Waals surface area (Å²) in [5, 5.41) is 11.9. The number of rotatable bonds is 5. The van der Waals surface area contributed by atoms with E-state index in [1.807, 2.05) is 24.3 Å². The molecule has 0 radical (unpaired) electrons. The van der Waals surface area contributed by atoms with Gasteiger partial charge in [0.25, 0.3) is 0 Å². The summed E-state index contributed by atoms with van der Waals surface area (Å²) < 4.78 is 5.24. The zero-order chi connectivity index (χ0) is 12.8. The van der Waals surface area contributed by atoms with Crippen molar-refractivity contribution < 1.29 is 14.6 Å². The van der Waals surface area contributed by atoms with E-state index in [1.54, 1.807) is 0 Å². The van der Waals surface area contributed by atoms with Gasteiger partial charge in [0.2, 0.25) is 5.91 Å². The average Bonchev–Trinajstić information content (AvgIpc) is 2.89. The third-order valence-corrected chi connectivity index (χ3v) is 3.16. The molecule has 1 saturated heterocycles. The van der Waals surface area contributed by atoms with Gasteiger partial charge in [0.1, 0.15) is 0 Å². The van der Waals surface area contributed by atoms with Crippen LogP contribution in [-0.2, 0) is 22.7 Å². The minimum Gasteiger partial charge on any atom is -0.392 e. The van der Waals surface area contributed by atoms with E-state index >= 15 is 0 Å². The number of amides is 1. The van der Waals surface area contributed by atoms with Crippen LogP contribution in [0.25, 0.3) is 0 Å². The maximum atomic E-state index is 11.7. The molecule has 0 bridgehead atoms. The molecule has 1 aromatic carbocycles. The number of aliphatic hydroxyl groups is 1. The molecule has 1 fully saturated rings. The van der Waals surface area contributed by atoms with Gasteiger partial charge in [-0.15, -0.1) is 0 Å². The van der Waals surface area contributed by atoms with Crippen molar-refractivity contribution in [1.82, 2.24) is 5.32 Å². The van der Waals surface area contributed by atoms with E-state index in [1.165, 1.54) is 0 Å². The molecule has 0 spiro atoms. The fraction of sp³-hybridized carbons (Fsp3) is 0.500. The Bertz CT molecular complexity index is 400. The topological polar surface area (TPSA) is 58.6 Å². The molecule has 4 nitrogen and oxygen atoms in total. The van der Waals surface area contributed by atoms with E-state index in [0.29, 0.717) is 25.5 Å². The number of benzene rings is 1. The van der Waals surface area contributed by atoms with Crippen LogP contribution in [0.2, 0.25) is 0 Å². The van der Waals surface area contributed by atoms with Gasteiger partial charge in [-0.2, -0.15) is 0 Å². The van der Waals surface area contributed by atoms with Crippen LogP contribution in [0.5, 0.6) is 0 Å². The van der Waals surface area contributed by atoms with Gasteiger partial charge in [0, 0.05) is 26.2 Å². The number of ether oxygens (including phenoxy) is 1. The Balaban J connectivity index is 1.77. The summed E-state index contributed by atoms with van der Waals surface area (Å²) in [6, 6.07) is 7.59. The summed E-state index contributed by atoms with van der Waals surface area (Å²) in [7, 11) is 0. The highest BCUT2D eigenvalue weighted by molar-refractivity contribution is 5.76. The quantitative estimate of drug-likeness (QED) is 0.825. The van der Waals surface area contributed by atoms with Crippen molar-refractivity contribution in [2.45, 2.75) is 26.0 Å². The highest BCUT2D eigenvalue weighted by atomic mass is 16.5. The highest BCUT2D eigenvalue weighted by Crippen LogP contribution is 2.16. The summed E-state index contributed by atoms with van der Waals surface area (Å²) in [5.74, 6) is 0.439. The fourth-order valence-corrected chi connectivity index (χ4v) is 2.12. The second-order valence-electron chi connectivity index (χ2n) is 4.69. The number of carbonyl (C=O) groups is 1. The van der Waals surface area contributed by atoms with Crippen molar-refractivity contribution >= 4 is 5.91 Å². The number of aliphatic hydroxyl groups excluding tert-OH is 1. The molecule has 0 saturated carbocycles. The normalized spacial score (nSPS) is 18.8. The van der Waals surface area contributed by atoms with Crippen LogP contribution < -0.4 is 5.32 Å². The Morgan fingerprint density at radius 2 is 2.28 bits per heavy atom. The van der Waals surface area contributed by atoms with E-state index in [4.69, 9.17) is 9.84 Å². The van der Waals surface area contributed by atoms with Crippen LogP contribution in [0.15, 0.2) is 24.3 Å². The smallest absolute Gasteiger partial charge is 0.220 e. The van der Waals surface area contributed by atoms with Gasteiger partial charge < -0.3 is 15.2 Å². The van der Waals surface area contributed by atoms with Gasteiger partial charge >= 0.3 is 0 Å². The lowest BCUT2D eigenvalue weighted by molar-refractivity contribution is -0.122. The van der Waals surface area contributed by atoms with Crippen molar-refractivity contribution in [2.24, 2.45) is 5.92 Å². The van der Waals surface area contributed by atoms with E-state index in [9.17, 15) is 4.79 Å². The van der Waals surface area contributed by atoms with E-state index in [2.05, 4.69) is 5.32 Å². The lowest BCUT2D eigenvalue weighted by atomic mass is 10.0. The molecular weight excluding hydrogens is 230 g/mol. The molecule has 1 aromatic rings. The summed E-state index contributed by atoms with van der Waals surface area (Å²) in [6.07, 6.45) is 1.52. The maximum Gasteiger partial charge on any atom is 0.220 e. The molecular formula is C14H19NO3. The van der Waals surface area contributed by atoms with Crippen LogP contribution >= 0.6 is 0 Å². The summed E-state index contributed by atoms with van der Waals surface area (Å²) in [4.78, 5) is 11.7. The summed E-state index contributed by atoms with van der Waals surface area (Å²) in [5.41, 5.74) is 1.88. The summed E-state index contributed by atoms with van der Waals surface area (Å²) in [6.45, 7) is 2.02. The first-order valence-corrected chi connectivity index (χ1v) is 6.31. The Morgan fingerprint density at radius 3 is 3.00 bits per heavy atom. The predicted octanol–water partition coefficient (Wildman–Crippen LogP) is 1.22.